The number of hydrogen-bond donors (Lipinski definition) is 1. The van der Waals surface area contributed by atoms with Gasteiger partial charge in [-0.25, -0.2) is 8.42 Å². The molecule has 0 aliphatic carbocycles. The Morgan fingerprint density at radius 2 is 1.95 bits per heavy atom. The molecule has 21 heavy (non-hydrogen) atoms. The highest BCUT2D eigenvalue weighted by Gasteiger charge is 2.44. The van der Waals surface area contributed by atoms with Crippen LogP contribution in [0.15, 0.2) is 23.1 Å². The molecule has 1 aromatic rings. The summed E-state index contributed by atoms with van der Waals surface area (Å²) in [5.74, 6) is -0.763. The Balaban J connectivity index is 1.90. The largest absolute Gasteiger partial charge is 0.399 e. The Bertz CT molecular complexity index is 618. The fourth-order valence-corrected chi connectivity index (χ4v) is 4.62. The van der Waals surface area contributed by atoms with Crippen LogP contribution >= 0.6 is 0 Å². The lowest BCUT2D eigenvalue weighted by Crippen LogP contribution is -2.50. The SMILES string of the molecule is Cc1cc(N)cc(S(=O)(=O)N2CCCC3(C2)OCCO3)c1. The molecule has 7 heteroatoms. The van der Waals surface area contributed by atoms with E-state index in [1.165, 1.54) is 10.4 Å². The maximum atomic E-state index is 12.8. The van der Waals surface area contributed by atoms with E-state index < -0.39 is 15.8 Å². The summed E-state index contributed by atoms with van der Waals surface area (Å²) in [5.41, 5.74) is 7.05. The van der Waals surface area contributed by atoms with Gasteiger partial charge < -0.3 is 15.2 Å². The molecule has 2 saturated heterocycles. The monoisotopic (exact) mass is 312 g/mol. The van der Waals surface area contributed by atoms with Gasteiger partial charge in [-0.15, -0.1) is 0 Å². The van der Waals surface area contributed by atoms with Crippen LogP contribution in [0.2, 0.25) is 0 Å². The van der Waals surface area contributed by atoms with E-state index in [1.54, 1.807) is 12.1 Å². The third kappa shape index (κ3) is 2.78. The summed E-state index contributed by atoms with van der Waals surface area (Å²) in [6.07, 6.45) is 1.45. The molecule has 3 rings (SSSR count). The van der Waals surface area contributed by atoms with E-state index in [-0.39, 0.29) is 11.4 Å². The molecule has 2 heterocycles. The zero-order valence-corrected chi connectivity index (χ0v) is 12.9. The fraction of sp³-hybridized carbons (Fsp3) is 0.571. The Hall–Kier alpha value is -1.15. The number of aryl methyl sites for hydroxylation is 1. The first-order valence-electron chi connectivity index (χ1n) is 7.07. The van der Waals surface area contributed by atoms with Crippen LogP contribution in [0.1, 0.15) is 18.4 Å². The molecule has 0 amide bonds. The van der Waals surface area contributed by atoms with Crippen molar-refractivity contribution in [3.05, 3.63) is 23.8 Å². The minimum absolute atomic E-state index is 0.232. The molecule has 1 aromatic carbocycles. The summed E-state index contributed by atoms with van der Waals surface area (Å²) in [6, 6.07) is 4.89. The Labute approximate surface area is 124 Å². The molecule has 0 unspecified atom stereocenters. The Kier molecular flexibility index (Phi) is 3.69. The molecule has 0 atom stereocenters. The van der Waals surface area contributed by atoms with E-state index >= 15 is 0 Å². The molecule has 2 N–H and O–H groups in total. The number of ether oxygens (including phenoxy) is 2. The molecule has 6 nitrogen and oxygen atoms in total. The Morgan fingerprint density at radius 1 is 1.24 bits per heavy atom. The molecule has 0 radical (unpaired) electrons. The van der Waals surface area contributed by atoms with Gasteiger partial charge in [-0.2, -0.15) is 4.31 Å². The van der Waals surface area contributed by atoms with E-state index in [1.807, 2.05) is 6.92 Å². The van der Waals surface area contributed by atoms with Crippen molar-refractivity contribution in [1.29, 1.82) is 0 Å². The van der Waals surface area contributed by atoms with E-state index in [2.05, 4.69) is 0 Å². The van der Waals surface area contributed by atoms with Crippen LogP contribution in [-0.2, 0) is 19.5 Å². The van der Waals surface area contributed by atoms with Gasteiger partial charge in [-0.3, -0.25) is 0 Å². The number of nitrogens with two attached hydrogens (primary N) is 1. The molecule has 0 bridgehead atoms. The summed E-state index contributed by atoms with van der Waals surface area (Å²) in [6.45, 7) is 3.58. The van der Waals surface area contributed by atoms with Crippen LogP contribution < -0.4 is 5.73 Å². The number of sulfonamides is 1. The highest BCUT2D eigenvalue weighted by molar-refractivity contribution is 7.89. The molecule has 2 fully saturated rings. The first kappa shape index (κ1) is 14.8. The van der Waals surface area contributed by atoms with Crippen LogP contribution in [0.3, 0.4) is 0 Å². The lowest BCUT2D eigenvalue weighted by Gasteiger charge is -2.37. The topological polar surface area (TPSA) is 81.9 Å². The lowest BCUT2D eigenvalue weighted by atomic mass is 10.1. The summed E-state index contributed by atoms with van der Waals surface area (Å²) < 4.78 is 38.3. The average Bonchev–Trinajstić information content (AvgIpc) is 2.85. The van der Waals surface area contributed by atoms with Gasteiger partial charge in [-0.1, -0.05) is 0 Å². The van der Waals surface area contributed by atoms with Gasteiger partial charge in [0.15, 0.2) is 5.79 Å². The van der Waals surface area contributed by atoms with Crippen molar-refractivity contribution in [3.63, 3.8) is 0 Å². The van der Waals surface area contributed by atoms with Gasteiger partial charge >= 0.3 is 0 Å². The third-order valence-corrected chi connectivity index (χ3v) is 5.73. The van der Waals surface area contributed by atoms with Crippen LogP contribution in [0.4, 0.5) is 5.69 Å². The minimum Gasteiger partial charge on any atom is -0.399 e. The van der Waals surface area contributed by atoms with Gasteiger partial charge in [0.25, 0.3) is 0 Å². The second-order valence-corrected chi connectivity index (χ2v) is 7.57. The second-order valence-electron chi connectivity index (χ2n) is 5.63. The number of piperidine rings is 1. The van der Waals surface area contributed by atoms with Crippen molar-refractivity contribution >= 4 is 15.7 Å². The molecule has 0 saturated carbocycles. The molecular formula is C14H20N2O4S. The van der Waals surface area contributed by atoms with Gasteiger partial charge in [0.2, 0.25) is 10.0 Å². The van der Waals surface area contributed by atoms with Gasteiger partial charge in [0, 0.05) is 18.7 Å². The fourth-order valence-electron chi connectivity index (χ4n) is 2.96. The smallest absolute Gasteiger partial charge is 0.243 e. The van der Waals surface area contributed by atoms with Crippen molar-refractivity contribution < 1.29 is 17.9 Å². The zero-order valence-electron chi connectivity index (χ0n) is 12.0. The standard InChI is InChI=1S/C14H20N2O4S/c1-11-7-12(15)9-13(8-11)21(17,18)16-4-2-3-14(10-16)19-5-6-20-14/h7-9H,2-6,10,15H2,1H3. The molecule has 2 aliphatic heterocycles. The predicted molar refractivity (Wildman–Crippen MR) is 78.2 cm³/mol. The maximum Gasteiger partial charge on any atom is 0.243 e. The molecule has 116 valence electrons. The van der Waals surface area contributed by atoms with Gasteiger partial charge in [-0.05, 0) is 37.1 Å². The first-order chi connectivity index (χ1) is 9.91. The van der Waals surface area contributed by atoms with Crippen LogP contribution in [-0.4, -0.2) is 44.8 Å². The van der Waals surface area contributed by atoms with Crippen molar-refractivity contribution in [2.45, 2.75) is 30.4 Å². The van der Waals surface area contributed by atoms with Crippen molar-refractivity contribution in [2.75, 3.05) is 32.0 Å². The number of rotatable bonds is 2. The van der Waals surface area contributed by atoms with E-state index in [0.717, 1.165) is 18.4 Å². The molecular weight excluding hydrogens is 292 g/mol. The van der Waals surface area contributed by atoms with Crippen LogP contribution in [0, 0.1) is 6.92 Å². The Morgan fingerprint density at radius 3 is 2.62 bits per heavy atom. The van der Waals surface area contributed by atoms with Crippen LogP contribution in [0.25, 0.3) is 0 Å². The average molecular weight is 312 g/mol. The maximum absolute atomic E-state index is 12.8. The van der Waals surface area contributed by atoms with Gasteiger partial charge in [0.05, 0.1) is 24.7 Å². The summed E-state index contributed by atoms with van der Waals surface area (Å²) >= 11 is 0. The predicted octanol–water partition coefficient (Wildman–Crippen LogP) is 1.10. The van der Waals surface area contributed by atoms with Crippen molar-refractivity contribution in [3.8, 4) is 0 Å². The number of nitrogens with zero attached hydrogens (tertiary/aromatic N) is 1. The molecule has 0 aromatic heterocycles. The van der Waals surface area contributed by atoms with Gasteiger partial charge in [0.1, 0.15) is 0 Å². The minimum atomic E-state index is -3.58. The number of benzene rings is 1. The van der Waals surface area contributed by atoms with Crippen molar-refractivity contribution in [2.24, 2.45) is 0 Å². The molecule has 1 spiro atoms. The quantitative estimate of drug-likeness (QED) is 0.827. The van der Waals surface area contributed by atoms with E-state index in [0.29, 0.717) is 25.4 Å². The van der Waals surface area contributed by atoms with E-state index in [9.17, 15) is 8.42 Å². The summed E-state index contributed by atoms with van der Waals surface area (Å²) in [4.78, 5) is 0.232. The highest BCUT2D eigenvalue weighted by atomic mass is 32.2. The third-order valence-electron chi connectivity index (χ3n) is 3.91. The second kappa shape index (κ2) is 5.24. The lowest BCUT2D eigenvalue weighted by molar-refractivity contribution is -0.179. The van der Waals surface area contributed by atoms with E-state index in [4.69, 9.17) is 15.2 Å². The highest BCUT2D eigenvalue weighted by Crippen LogP contribution is 2.33. The van der Waals surface area contributed by atoms with Crippen molar-refractivity contribution in [1.82, 2.24) is 4.31 Å². The number of hydrogen-bond acceptors (Lipinski definition) is 5. The normalized spacial score (nSPS) is 22.7. The summed E-state index contributed by atoms with van der Waals surface area (Å²) in [5, 5.41) is 0. The molecule has 2 aliphatic rings. The van der Waals surface area contributed by atoms with Crippen LogP contribution in [0.5, 0.6) is 0 Å². The number of nitrogen functional groups attached to an aromatic ring is 1. The zero-order chi connectivity index (χ0) is 15.1. The summed E-state index contributed by atoms with van der Waals surface area (Å²) in [7, 11) is -3.58. The first-order valence-corrected chi connectivity index (χ1v) is 8.51. The number of anilines is 1.